The van der Waals surface area contributed by atoms with Crippen molar-refractivity contribution in [3.8, 4) is 11.4 Å². The zero-order valence-electron chi connectivity index (χ0n) is 15.8. The zero-order valence-corrected chi connectivity index (χ0v) is 15.8. The number of aromatic nitrogens is 3. The molecular formula is C22H23N5O. The lowest BCUT2D eigenvalue weighted by Crippen LogP contribution is -2.16. The Bertz CT molecular complexity index is 1030. The summed E-state index contributed by atoms with van der Waals surface area (Å²) in [4.78, 5) is 16.3. The Morgan fingerprint density at radius 1 is 1.18 bits per heavy atom. The van der Waals surface area contributed by atoms with Crippen LogP contribution in [0.1, 0.15) is 33.2 Å². The maximum absolute atomic E-state index is 11.3. The van der Waals surface area contributed by atoms with Crippen LogP contribution >= 0.6 is 0 Å². The number of fused-ring (bicyclic) bond motifs is 1. The molecule has 3 aromatic rings. The van der Waals surface area contributed by atoms with Crippen LogP contribution in [0.5, 0.6) is 0 Å². The van der Waals surface area contributed by atoms with Gasteiger partial charge >= 0.3 is 0 Å². The first-order valence-electron chi connectivity index (χ1n) is 9.71. The summed E-state index contributed by atoms with van der Waals surface area (Å²) in [6, 6.07) is 15.7. The Morgan fingerprint density at radius 2 is 1.93 bits per heavy atom. The summed E-state index contributed by atoms with van der Waals surface area (Å²) >= 11 is 0. The molecule has 1 unspecified atom stereocenters. The van der Waals surface area contributed by atoms with Crippen LogP contribution < -0.4 is 11.1 Å². The van der Waals surface area contributed by atoms with E-state index < -0.39 is 5.91 Å². The Morgan fingerprint density at radius 3 is 2.61 bits per heavy atom. The normalized spacial score (nSPS) is 22.8. The molecule has 6 nitrogen and oxygen atoms in total. The molecule has 1 aliphatic carbocycles. The molecule has 28 heavy (non-hydrogen) atoms. The van der Waals surface area contributed by atoms with Gasteiger partial charge in [0.1, 0.15) is 5.82 Å². The van der Waals surface area contributed by atoms with Crippen LogP contribution in [0.25, 0.3) is 11.4 Å². The molecule has 2 aromatic carbocycles. The van der Waals surface area contributed by atoms with Crippen LogP contribution in [-0.2, 0) is 6.54 Å². The molecule has 5 rings (SSSR count). The van der Waals surface area contributed by atoms with Crippen LogP contribution in [0, 0.1) is 18.8 Å². The first kappa shape index (κ1) is 17.1. The largest absolute Gasteiger partial charge is 0.366 e. The van der Waals surface area contributed by atoms with Gasteiger partial charge in [-0.15, -0.1) is 0 Å². The van der Waals surface area contributed by atoms with E-state index >= 15 is 0 Å². The number of piperidine rings is 1. The molecule has 3 N–H and O–H groups in total. The number of carbonyl (C=O) groups excluding carboxylic acids is 1. The molecule has 2 aliphatic rings. The van der Waals surface area contributed by atoms with E-state index in [9.17, 15) is 4.79 Å². The number of rotatable bonds is 5. The molecule has 6 heteroatoms. The summed E-state index contributed by atoms with van der Waals surface area (Å²) in [5.74, 6) is 3.18. The molecular weight excluding hydrogens is 350 g/mol. The van der Waals surface area contributed by atoms with E-state index in [1.165, 1.54) is 11.1 Å². The van der Waals surface area contributed by atoms with Crippen molar-refractivity contribution < 1.29 is 4.79 Å². The predicted octanol–water partition coefficient (Wildman–Crippen LogP) is 2.33. The number of nitrogens with one attached hydrogen (secondary N) is 1. The van der Waals surface area contributed by atoms with E-state index in [0.29, 0.717) is 35.7 Å². The van der Waals surface area contributed by atoms with E-state index in [2.05, 4.69) is 41.2 Å². The second kappa shape index (κ2) is 6.56. The molecule has 0 spiro atoms. The van der Waals surface area contributed by atoms with E-state index in [4.69, 9.17) is 15.8 Å². The Kier molecular flexibility index (Phi) is 4.02. The number of nitrogens with zero attached hydrogens (tertiary/aromatic N) is 3. The van der Waals surface area contributed by atoms with E-state index in [1.54, 1.807) is 12.1 Å². The highest BCUT2D eigenvalue weighted by molar-refractivity contribution is 5.93. The van der Waals surface area contributed by atoms with Gasteiger partial charge in [-0.2, -0.15) is 5.10 Å². The van der Waals surface area contributed by atoms with Gasteiger partial charge in [-0.25, -0.2) is 9.67 Å². The number of nitrogens with two attached hydrogens (primary N) is 1. The van der Waals surface area contributed by atoms with Crippen LogP contribution in [0.4, 0.5) is 0 Å². The van der Waals surface area contributed by atoms with Crippen LogP contribution in [0.2, 0.25) is 0 Å². The summed E-state index contributed by atoms with van der Waals surface area (Å²) in [5, 5.41) is 8.29. The van der Waals surface area contributed by atoms with Gasteiger partial charge in [-0.05, 0) is 49.5 Å². The quantitative estimate of drug-likeness (QED) is 0.719. The topological polar surface area (TPSA) is 85.8 Å². The molecule has 1 saturated carbocycles. The predicted molar refractivity (Wildman–Crippen MR) is 107 cm³/mol. The number of amides is 1. The molecule has 1 amide bonds. The van der Waals surface area contributed by atoms with Crippen molar-refractivity contribution >= 4 is 5.91 Å². The molecule has 3 atom stereocenters. The first-order valence-corrected chi connectivity index (χ1v) is 9.71. The average Bonchev–Trinajstić information content (AvgIpc) is 3.03. The Balaban J connectivity index is 1.50. The highest BCUT2D eigenvalue weighted by Crippen LogP contribution is 2.55. The van der Waals surface area contributed by atoms with Crippen LogP contribution in [-0.4, -0.2) is 33.8 Å². The number of carbonyl (C=O) groups is 1. The SMILES string of the molecule is Cc1cccc(Cn2nc(-c3ccc(C(N)=O)cc3)nc2C2[C@H]3CNC[C@@H]23)c1. The van der Waals surface area contributed by atoms with Crippen molar-refractivity contribution in [3.05, 3.63) is 71.0 Å². The minimum absolute atomic E-state index is 0.427. The van der Waals surface area contributed by atoms with Crippen molar-refractivity contribution in [2.45, 2.75) is 19.4 Å². The molecule has 2 heterocycles. The summed E-state index contributed by atoms with van der Waals surface area (Å²) in [5.41, 5.74) is 9.21. The minimum atomic E-state index is -0.427. The molecule has 1 aromatic heterocycles. The monoisotopic (exact) mass is 373 g/mol. The van der Waals surface area contributed by atoms with E-state index in [1.807, 2.05) is 12.1 Å². The fraction of sp³-hybridized carbons (Fsp3) is 0.318. The first-order chi connectivity index (χ1) is 13.6. The fourth-order valence-electron chi connectivity index (χ4n) is 4.41. The van der Waals surface area contributed by atoms with Crippen LogP contribution in [0.3, 0.4) is 0 Å². The Labute approximate surface area is 163 Å². The fourth-order valence-corrected chi connectivity index (χ4v) is 4.41. The lowest BCUT2D eigenvalue weighted by molar-refractivity contribution is 0.100. The van der Waals surface area contributed by atoms with Crippen molar-refractivity contribution in [3.63, 3.8) is 0 Å². The minimum Gasteiger partial charge on any atom is -0.366 e. The number of aryl methyl sites for hydroxylation is 1. The van der Waals surface area contributed by atoms with E-state index in [-0.39, 0.29) is 0 Å². The molecule has 142 valence electrons. The lowest BCUT2D eigenvalue weighted by Gasteiger charge is -2.08. The lowest BCUT2D eigenvalue weighted by atomic mass is 10.1. The second-order valence-corrected chi connectivity index (χ2v) is 7.89. The maximum atomic E-state index is 11.3. The van der Waals surface area contributed by atoms with E-state index in [0.717, 1.165) is 24.5 Å². The third-order valence-corrected chi connectivity index (χ3v) is 5.93. The highest BCUT2D eigenvalue weighted by atomic mass is 16.1. The molecule has 1 saturated heterocycles. The van der Waals surface area contributed by atoms with Gasteiger partial charge in [0.15, 0.2) is 5.82 Å². The average molecular weight is 373 g/mol. The molecule has 1 aliphatic heterocycles. The van der Waals surface area contributed by atoms with Crippen molar-refractivity contribution in [1.29, 1.82) is 0 Å². The summed E-state index contributed by atoms with van der Waals surface area (Å²) in [6.07, 6.45) is 0. The number of primary amides is 1. The van der Waals surface area contributed by atoms with Gasteiger partial charge in [-0.3, -0.25) is 4.79 Å². The summed E-state index contributed by atoms with van der Waals surface area (Å²) in [7, 11) is 0. The number of benzene rings is 2. The molecule has 2 fully saturated rings. The second-order valence-electron chi connectivity index (χ2n) is 7.89. The highest BCUT2D eigenvalue weighted by Gasteiger charge is 2.56. The molecule has 0 bridgehead atoms. The zero-order chi connectivity index (χ0) is 19.3. The smallest absolute Gasteiger partial charge is 0.248 e. The summed E-state index contributed by atoms with van der Waals surface area (Å²) < 4.78 is 2.06. The number of hydrogen-bond donors (Lipinski definition) is 2. The van der Waals surface area contributed by atoms with Gasteiger partial charge in [0.2, 0.25) is 5.91 Å². The van der Waals surface area contributed by atoms with Gasteiger partial charge in [0.05, 0.1) is 6.54 Å². The third-order valence-electron chi connectivity index (χ3n) is 5.93. The van der Waals surface area contributed by atoms with Crippen molar-refractivity contribution in [1.82, 2.24) is 20.1 Å². The van der Waals surface area contributed by atoms with Gasteiger partial charge in [-0.1, -0.05) is 42.0 Å². The Hall–Kier alpha value is -2.99. The van der Waals surface area contributed by atoms with Crippen molar-refractivity contribution in [2.75, 3.05) is 13.1 Å². The third kappa shape index (κ3) is 2.99. The van der Waals surface area contributed by atoms with Gasteiger partial charge < -0.3 is 11.1 Å². The maximum Gasteiger partial charge on any atom is 0.248 e. The summed E-state index contributed by atoms with van der Waals surface area (Å²) in [6.45, 7) is 4.95. The van der Waals surface area contributed by atoms with Gasteiger partial charge in [0.25, 0.3) is 0 Å². The standard InChI is InChI=1S/C22H23N5O/c1-13-3-2-4-14(9-13)12-27-22(19-17-10-24-11-18(17)19)25-21(26-27)16-7-5-15(6-8-16)20(23)28/h2-9,17-19,24H,10-12H2,1H3,(H2,23,28)/t17-,18+,19?. The van der Waals surface area contributed by atoms with Crippen molar-refractivity contribution in [2.24, 2.45) is 17.6 Å². The number of hydrogen-bond acceptors (Lipinski definition) is 4. The van der Waals surface area contributed by atoms with Gasteiger partial charge in [0, 0.05) is 17.0 Å². The van der Waals surface area contributed by atoms with Crippen LogP contribution in [0.15, 0.2) is 48.5 Å². The molecule has 0 radical (unpaired) electrons.